The molecule has 0 aliphatic carbocycles. The predicted molar refractivity (Wildman–Crippen MR) is 89.4 cm³/mol. The lowest BCUT2D eigenvalue weighted by Crippen LogP contribution is -2.19. The van der Waals surface area contributed by atoms with Crippen LogP contribution in [0.3, 0.4) is 0 Å². The van der Waals surface area contributed by atoms with Gasteiger partial charge in [-0.3, -0.25) is 0 Å². The second-order valence-corrected chi connectivity index (χ2v) is 5.79. The zero-order valence-corrected chi connectivity index (χ0v) is 13.5. The molecule has 0 aliphatic rings. The molecule has 2 nitrogen and oxygen atoms in total. The molecule has 0 atom stereocenters. The standard InChI is InChI=1S/C18H32N2/c1-3-4-5-6-7-8-9-10-11-14-17-20(2)18-15-12-13-16-19-18/h12-13,15-16H,3-11,14,17H2,1-2H3. The van der Waals surface area contributed by atoms with E-state index in [0.717, 1.165) is 12.4 Å². The van der Waals surface area contributed by atoms with Crippen LogP contribution in [0, 0.1) is 0 Å². The molecule has 0 amide bonds. The van der Waals surface area contributed by atoms with Crippen LogP contribution in [-0.4, -0.2) is 18.6 Å². The van der Waals surface area contributed by atoms with Crippen molar-refractivity contribution in [2.75, 3.05) is 18.5 Å². The second-order valence-electron chi connectivity index (χ2n) is 5.79. The molecule has 0 radical (unpaired) electrons. The largest absolute Gasteiger partial charge is 0.360 e. The Kier molecular flexibility index (Phi) is 9.99. The van der Waals surface area contributed by atoms with Crippen molar-refractivity contribution in [2.24, 2.45) is 0 Å². The van der Waals surface area contributed by atoms with Gasteiger partial charge in [-0.25, -0.2) is 4.98 Å². The number of pyridine rings is 1. The van der Waals surface area contributed by atoms with Crippen LogP contribution in [0.2, 0.25) is 0 Å². The van der Waals surface area contributed by atoms with Gasteiger partial charge in [-0.1, -0.05) is 70.8 Å². The highest BCUT2D eigenvalue weighted by Gasteiger charge is 2.00. The van der Waals surface area contributed by atoms with Crippen molar-refractivity contribution in [3.8, 4) is 0 Å². The fourth-order valence-corrected chi connectivity index (χ4v) is 2.53. The molecule has 1 heterocycles. The molecule has 1 rings (SSSR count). The van der Waals surface area contributed by atoms with Crippen LogP contribution < -0.4 is 4.90 Å². The third-order valence-electron chi connectivity index (χ3n) is 3.89. The molecule has 0 unspecified atom stereocenters. The van der Waals surface area contributed by atoms with E-state index in [1.807, 2.05) is 12.3 Å². The molecular weight excluding hydrogens is 244 g/mol. The number of unbranched alkanes of at least 4 members (excludes halogenated alkanes) is 9. The van der Waals surface area contributed by atoms with Crippen molar-refractivity contribution in [1.82, 2.24) is 4.98 Å². The van der Waals surface area contributed by atoms with Crippen molar-refractivity contribution in [3.63, 3.8) is 0 Å². The average Bonchev–Trinajstić information content (AvgIpc) is 2.50. The Labute approximate surface area is 125 Å². The highest BCUT2D eigenvalue weighted by Crippen LogP contribution is 2.12. The lowest BCUT2D eigenvalue weighted by molar-refractivity contribution is 0.556. The van der Waals surface area contributed by atoms with Gasteiger partial charge in [0, 0.05) is 19.8 Å². The number of hydrogen-bond donors (Lipinski definition) is 0. The first kappa shape index (κ1) is 17.0. The molecule has 1 aromatic rings. The Hall–Kier alpha value is -1.05. The summed E-state index contributed by atoms with van der Waals surface area (Å²) in [5.41, 5.74) is 0. The maximum Gasteiger partial charge on any atom is 0.128 e. The van der Waals surface area contributed by atoms with E-state index in [-0.39, 0.29) is 0 Å². The van der Waals surface area contributed by atoms with Crippen molar-refractivity contribution in [2.45, 2.75) is 71.1 Å². The first-order valence-electron chi connectivity index (χ1n) is 8.46. The highest BCUT2D eigenvalue weighted by atomic mass is 15.2. The first-order valence-corrected chi connectivity index (χ1v) is 8.46. The average molecular weight is 276 g/mol. The zero-order valence-electron chi connectivity index (χ0n) is 13.5. The topological polar surface area (TPSA) is 16.1 Å². The molecule has 0 N–H and O–H groups in total. The SMILES string of the molecule is CCCCCCCCCCCCN(C)c1ccccn1. The van der Waals surface area contributed by atoms with Gasteiger partial charge in [-0.2, -0.15) is 0 Å². The minimum absolute atomic E-state index is 1.09. The van der Waals surface area contributed by atoms with Crippen LogP contribution in [-0.2, 0) is 0 Å². The van der Waals surface area contributed by atoms with Gasteiger partial charge in [0.25, 0.3) is 0 Å². The zero-order chi connectivity index (χ0) is 14.5. The van der Waals surface area contributed by atoms with Crippen molar-refractivity contribution < 1.29 is 0 Å². The van der Waals surface area contributed by atoms with Crippen LogP contribution in [0.15, 0.2) is 24.4 Å². The van der Waals surface area contributed by atoms with E-state index in [0.29, 0.717) is 0 Å². The second kappa shape index (κ2) is 11.7. The molecular formula is C18H32N2. The van der Waals surface area contributed by atoms with E-state index in [2.05, 4.69) is 36.0 Å². The maximum absolute atomic E-state index is 4.37. The molecule has 114 valence electrons. The van der Waals surface area contributed by atoms with Gasteiger partial charge in [0.15, 0.2) is 0 Å². The van der Waals surface area contributed by atoms with E-state index < -0.39 is 0 Å². The van der Waals surface area contributed by atoms with Crippen LogP contribution in [0.1, 0.15) is 71.1 Å². The van der Waals surface area contributed by atoms with E-state index >= 15 is 0 Å². The van der Waals surface area contributed by atoms with Crippen LogP contribution in [0.4, 0.5) is 5.82 Å². The van der Waals surface area contributed by atoms with Crippen LogP contribution in [0.5, 0.6) is 0 Å². The summed E-state index contributed by atoms with van der Waals surface area (Å²) in [6, 6.07) is 6.10. The minimum Gasteiger partial charge on any atom is -0.360 e. The van der Waals surface area contributed by atoms with E-state index in [9.17, 15) is 0 Å². The van der Waals surface area contributed by atoms with E-state index in [1.54, 1.807) is 0 Å². The van der Waals surface area contributed by atoms with Crippen molar-refractivity contribution >= 4 is 5.82 Å². The Morgan fingerprint density at radius 1 is 0.850 bits per heavy atom. The summed E-state index contributed by atoms with van der Waals surface area (Å²) in [5, 5.41) is 0. The molecule has 0 aromatic carbocycles. The van der Waals surface area contributed by atoms with Gasteiger partial charge in [0.1, 0.15) is 5.82 Å². The van der Waals surface area contributed by atoms with Gasteiger partial charge in [0.2, 0.25) is 0 Å². The van der Waals surface area contributed by atoms with Crippen molar-refractivity contribution in [3.05, 3.63) is 24.4 Å². The fraction of sp³-hybridized carbons (Fsp3) is 0.722. The first-order chi connectivity index (χ1) is 9.84. The minimum atomic E-state index is 1.09. The fourth-order valence-electron chi connectivity index (χ4n) is 2.53. The van der Waals surface area contributed by atoms with Crippen LogP contribution in [0.25, 0.3) is 0 Å². The molecule has 0 bridgehead atoms. The molecule has 0 saturated heterocycles. The Balaban J connectivity index is 1.90. The van der Waals surface area contributed by atoms with Crippen LogP contribution >= 0.6 is 0 Å². The quantitative estimate of drug-likeness (QED) is 0.473. The molecule has 0 aliphatic heterocycles. The van der Waals surface area contributed by atoms with Gasteiger partial charge >= 0.3 is 0 Å². The summed E-state index contributed by atoms with van der Waals surface area (Å²) in [4.78, 5) is 6.62. The monoisotopic (exact) mass is 276 g/mol. The third-order valence-corrected chi connectivity index (χ3v) is 3.89. The number of anilines is 1. The van der Waals surface area contributed by atoms with Crippen molar-refractivity contribution in [1.29, 1.82) is 0 Å². The molecule has 20 heavy (non-hydrogen) atoms. The van der Waals surface area contributed by atoms with Gasteiger partial charge < -0.3 is 4.90 Å². The summed E-state index contributed by atoms with van der Waals surface area (Å²) in [6.07, 6.45) is 15.8. The lowest BCUT2D eigenvalue weighted by atomic mass is 10.1. The number of aromatic nitrogens is 1. The molecule has 0 saturated carbocycles. The van der Waals surface area contributed by atoms with E-state index in [1.165, 1.54) is 64.2 Å². The highest BCUT2D eigenvalue weighted by molar-refractivity contribution is 5.35. The number of rotatable bonds is 12. The smallest absolute Gasteiger partial charge is 0.128 e. The molecule has 0 fully saturated rings. The Morgan fingerprint density at radius 2 is 1.45 bits per heavy atom. The summed E-state index contributed by atoms with van der Waals surface area (Å²) >= 11 is 0. The van der Waals surface area contributed by atoms with Gasteiger partial charge in [-0.05, 0) is 18.6 Å². The predicted octanol–water partition coefficient (Wildman–Crippen LogP) is 5.44. The molecule has 1 aromatic heterocycles. The summed E-state index contributed by atoms with van der Waals surface area (Å²) in [5.74, 6) is 1.09. The number of nitrogens with zero attached hydrogens (tertiary/aromatic N) is 2. The third kappa shape index (κ3) is 8.19. The normalized spacial score (nSPS) is 10.7. The lowest BCUT2D eigenvalue weighted by Gasteiger charge is -2.17. The summed E-state index contributed by atoms with van der Waals surface area (Å²) < 4.78 is 0. The van der Waals surface area contributed by atoms with Gasteiger partial charge in [0.05, 0.1) is 0 Å². The number of hydrogen-bond acceptors (Lipinski definition) is 2. The Morgan fingerprint density at radius 3 is 2.00 bits per heavy atom. The van der Waals surface area contributed by atoms with E-state index in [4.69, 9.17) is 0 Å². The summed E-state index contributed by atoms with van der Waals surface area (Å²) in [6.45, 7) is 3.40. The summed E-state index contributed by atoms with van der Waals surface area (Å²) in [7, 11) is 2.13. The van der Waals surface area contributed by atoms with Gasteiger partial charge in [-0.15, -0.1) is 0 Å². The Bertz CT molecular complexity index is 310. The molecule has 2 heteroatoms. The molecule has 0 spiro atoms. The maximum atomic E-state index is 4.37.